The summed E-state index contributed by atoms with van der Waals surface area (Å²) in [5, 5.41) is 11.1. The molecule has 2 unspecified atom stereocenters. The highest BCUT2D eigenvalue weighted by Gasteiger charge is 2.61. The Hall–Kier alpha value is -0.660. The fourth-order valence-corrected chi connectivity index (χ4v) is 3.68. The topological polar surface area (TPSA) is 83.5 Å². The van der Waals surface area contributed by atoms with Crippen LogP contribution in [0.3, 0.4) is 0 Å². The van der Waals surface area contributed by atoms with Crippen LogP contribution in [0.15, 0.2) is 0 Å². The average molecular weight is 237 g/mol. The number of hydrogen-bond donors (Lipinski definition) is 0. The van der Waals surface area contributed by atoms with Crippen LogP contribution in [-0.2, 0) is 14.5 Å². The van der Waals surface area contributed by atoms with Crippen LogP contribution < -0.4 is 5.11 Å². The molecule has 0 aromatic rings. The summed E-state index contributed by atoms with van der Waals surface area (Å²) >= 11 is 0. The van der Waals surface area contributed by atoms with Crippen molar-refractivity contribution >= 4 is 16.4 Å². The van der Waals surface area contributed by atoms with E-state index in [0.717, 1.165) is 0 Å². The minimum atomic E-state index is -4.18. The third-order valence-corrected chi connectivity index (χ3v) is 4.74. The minimum absolute atomic E-state index is 0.131. The van der Waals surface area contributed by atoms with E-state index in [-0.39, 0.29) is 6.54 Å². The van der Waals surface area contributed by atoms with Crippen LogP contribution in [-0.4, -0.2) is 36.6 Å². The molecule has 0 aliphatic carbocycles. The summed E-state index contributed by atoms with van der Waals surface area (Å²) in [4.78, 5) is 11.1. The summed E-state index contributed by atoms with van der Waals surface area (Å²) in [5.41, 5.74) is -1.03. The van der Waals surface area contributed by atoms with Gasteiger partial charge in [0.1, 0.15) is 18.2 Å². The molecule has 15 heavy (non-hydrogen) atoms. The second kappa shape index (κ2) is 3.16. The van der Waals surface area contributed by atoms with E-state index >= 15 is 0 Å². The molecule has 0 aromatic carbocycles. The Morgan fingerprint density at radius 2 is 1.93 bits per heavy atom. The Morgan fingerprint density at radius 1 is 1.47 bits per heavy atom. The van der Waals surface area contributed by atoms with Gasteiger partial charge in [-0.05, 0) is 27.7 Å². The lowest BCUT2D eigenvalue weighted by Gasteiger charge is -2.40. The van der Waals surface area contributed by atoms with Crippen molar-refractivity contribution in [1.29, 1.82) is 0 Å². The van der Waals surface area contributed by atoms with Gasteiger partial charge in [0.2, 0.25) is 0 Å². The monoisotopic (exact) mass is 237 g/mol. The van der Waals surface area contributed by atoms with E-state index in [1.807, 2.05) is 0 Å². The first-order chi connectivity index (χ1) is 6.54. The van der Waals surface area contributed by atoms with Crippen LogP contribution in [0, 0.1) is 0 Å². The van der Waals surface area contributed by atoms with Crippen molar-refractivity contribution in [2.45, 2.75) is 39.3 Å². The van der Waals surface area contributed by atoms with E-state index in [9.17, 15) is 18.3 Å². The van der Waals surface area contributed by atoms with Gasteiger partial charge < -0.3 is 9.90 Å². The number of carboxylic acid groups (broad SMARTS) is 1. The normalized spacial score (nSPS) is 35.3. The van der Waals surface area contributed by atoms with Crippen LogP contribution in [0.1, 0.15) is 27.7 Å². The van der Waals surface area contributed by atoms with Gasteiger partial charge in [-0.15, -0.1) is 12.3 Å². The summed E-state index contributed by atoms with van der Waals surface area (Å²) in [5.74, 6) is 0. The lowest BCUT2D eigenvalue weighted by Crippen LogP contribution is -2.68. The van der Waals surface area contributed by atoms with Crippen molar-refractivity contribution in [3.05, 3.63) is 0 Å². The number of nitrogens with zero attached hydrogens (tertiary/aromatic N) is 1. The standard InChI is InChI=1S/C8H15NO5S/c1-6-5-9(7(10)11,8(2,3)4)15(12,13)14-6/h6H,5H2,1-4H3. The van der Waals surface area contributed by atoms with Gasteiger partial charge in [0, 0.05) is 0 Å². The molecule has 88 valence electrons. The second-order valence-corrected chi connectivity index (χ2v) is 6.36. The van der Waals surface area contributed by atoms with Gasteiger partial charge in [-0.2, -0.15) is 0 Å². The molecule has 6 nitrogen and oxygen atoms in total. The molecule has 2 atom stereocenters. The fourth-order valence-electron chi connectivity index (χ4n) is 1.81. The van der Waals surface area contributed by atoms with E-state index in [1.165, 1.54) is 27.7 Å². The van der Waals surface area contributed by atoms with Crippen molar-refractivity contribution in [2.75, 3.05) is 6.54 Å². The molecule has 0 radical (unpaired) electrons. The van der Waals surface area contributed by atoms with Gasteiger partial charge in [-0.1, -0.05) is 0 Å². The number of amides is 1. The number of carbonyl (C=O) groups excluding carboxylic acids is 1. The summed E-state index contributed by atoms with van der Waals surface area (Å²) in [6.07, 6.45) is -2.29. The molecule has 1 rings (SSSR count). The molecule has 7 heteroatoms. The Balaban J connectivity index is 3.44. The highest BCUT2D eigenvalue weighted by atomic mass is 32.2. The van der Waals surface area contributed by atoms with Crippen molar-refractivity contribution in [3.63, 3.8) is 0 Å². The Kier molecular flexibility index (Phi) is 2.62. The van der Waals surface area contributed by atoms with E-state index < -0.39 is 31.9 Å². The maximum atomic E-state index is 11.7. The van der Waals surface area contributed by atoms with Gasteiger partial charge in [0.25, 0.3) is 6.09 Å². The Morgan fingerprint density at radius 3 is 2.07 bits per heavy atom. The zero-order valence-electron chi connectivity index (χ0n) is 9.18. The van der Waals surface area contributed by atoms with Crippen molar-refractivity contribution in [1.82, 2.24) is 0 Å². The van der Waals surface area contributed by atoms with Crippen LogP contribution in [0.25, 0.3) is 0 Å². The average Bonchev–Trinajstić information content (AvgIpc) is 2.18. The SMILES string of the molecule is CC1C[N+](C(=O)[O-])(C(C)(C)C)S(=O)(=O)O1. The number of rotatable bonds is 0. The van der Waals surface area contributed by atoms with Crippen LogP contribution in [0.2, 0.25) is 0 Å². The molecule has 1 amide bonds. The summed E-state index contributed by atoms with van der Waals surface area (Å²) in [7, 11) is -4.18. The molecular formula is C8H15NO5S. The molecule has 1 aliphatic heterocycles. The number of hydrogen-bond acceptors (Lipinski definition) is 5. The number of quaternary nitrogens is 1. The molecule has 0 spiro atoms. The molecule has 0 saturated carbocycles. The molecule has 1 aliphatic rings. The zero-order chi connectivity index (χ0) is 12.1. The summed E-state index contributed by atoms with van der Waals surface area (Å²) in [6.45, 7) is 5.98. The Bertz CT molecular complexity index is 382. The van der Waals surface area contributed by atoms with Gasteiger partial charge in [0.05, 0.1) is 0 Å². The number of carbonyl (C=O) groups is 1. The summed E-state index contributed by atoms with van der Waals surface area (Å²) in [6, 6.07) is 0. The van der Waals surface area contributed by atoms with E-state index in [1.54, 1.807) is 0 Å². The van der Waals surface area contributed by atoms with E-state index in [0.29, 0.717) is 0 Å². The lowest BCUT2D eigenvalue weighted by atomic mass is 10.1. The first-order valence-corrected chi connectivity index (χ1v) is 5.94. The predicted molar refractivity (Wildman–Crippen MR) is 49.7 cm³/mol. The van der Waals surface area contributed by atoms with Crippen molar-refractivity contribution in [3.8, 4) is 0 Å². The smallest absolute Gasteiger partial charge is 0.442 e. The van der Waals surface area contributed by atoms with Crippen LogP contribution >= 0.6 is 0 Å². The molecular weight excluding hydrogens is 222 g/mol. The molecule has 0 N–H and O–H groups in total. The predicted octanol–water partition coefficient (Wildman–Crippen LogP) is -0.392. The maximum absolute atomic E-state index is 11.7. The Labute approximate surface area is 89.3 Å². The zero-order valence-corrected chi connectivity index (χ0v) is 10.00. The van der Waals surface area contributed by atoms with Crippen LogP contribution in [0.5, 0.6) is 0 Å². The highest BCUT2D eigenvalue weighted by Crippen LogP contribution is 2.36. The second-order valence-electron chi connectivity index (χ2n) is 4.69. The van der Waals surface area contributed by atoms with Crippen molar-refractivity contribution < 1.29 is 26.4 Å². The first kappa shape index (κ1) is 12.4. The third kappa shape index (κ3) is 1.54. The summed E-state index contributed by atoms with van der Waals surface area (Å²) < 4.78 is 26.9. The third-order valence-electron chi connectivity index (χ3n) is 2.56. The van der Waals surface area contributed by atoms with Gasteiger partial charge in [0.15, 0.2) is 0 Å². The van der Waals surface area contributed by atoms with Gasteiger partial charge in [-0.3, -0.25) is 0 Å². The van der Waals surface area contributed by atoms with Crippen LogP contribution in [0.4, 0.5) is 4.79 Å². The lowest BCUT2D eigenvalue weighted by molar-refractivity contribution is -0.802. The van der Waals surface area contributed by atoms with E-state index in [2.05, 4.69) is 4.18 Å². The molecule has 0 bridgehead atoms. The maximum Gasteiger partial charge on any atom is 0.442 e. The molecule has 1 heterocycles. The van der Waals surface area contributed by atoms with E-state index in [4.69, 9.17) is 0 Å². The first-order valence-electron chi connectivity index (χ1n) is 4.58. The minimum Gasteiger partial charge on any atom is -0.497 e. The fraction of sp³-hybridized carbons (Fsp3) is 0.875. The largest absolute Gasteiger partial charge is 0.497 e. The van der Waals surface area contributed by atoms with Crippen molar-refractivity contribution in [2.24, 2.45) is 0 Å². The molecule has 1 fully saturated rings. The van der Waals surface area contributed by atoms with Gasteiger partial charge in [-0.25, -0.2) is 4.18 Å². The quantitative estimate of drug-likeness (QED) is 0.536. The van der Waals surface area contributed by atoms with Gasteiger partial charge >= 0.3 is 10.3 Å². The molecule has 0 aromatic heterocycles. The highest BCUT2D eigenvalue weighted by molar-refractivity contribution is 7.81. The molecule has 1 saturated heterocycles.